The summed E-state index contributed by atoms with van der Waals surface area (Å²) in [5.41, 5.74) is 27.7. The fraction of sp³-hybridized carbons (Fsp3) is 0.571. The van der Waals surface area contributed by atoms with Crippen LogP contribution >= 0.6 is 0 Å². The Morgan fingerprint density at radius 1 is 0.727 bits per heavy atom. The highest BCUT2D eigenvalue weighted by atomic mass is 16.3. The minimum Gasteiger partial charge on any atom is -0.508 e. The van der Waals surface area contributed by atoms with Gasteiger partial charge in [-0.2, -0.15) is 0 Å². The van der Waals surface area contributed by atoms with E-state index in [0.29, 0.717) is 37.8 Å². The second kappa shape index (κ2) is 19.6. The lowest BCUT2D eigenvalue weighted by atomic mass is 10.0. The highest BCUT2D eigenvalue weighted by molar-refractivity contribution is 5.94. The number of phenols is 1. The molecule has 0 heterocycles. The lowest BCUT2D eigenvalue weighted by Gasteiger charge is -2.26. The van der Waals surface area contributed by atoms with Gasteiger partial charge in [-0.3, -0.25) is 29.2 Å². The van der Waals surface area contributed by atoms with E-state index in [9.17, 15) is 24.3 Å². The van der Waals surface area contributed by atoms with Crippen molar-refractivity contribution in [3.05, 3.63) is 29.8 Å². The van der Waals surface area contributed by atoms with Crippen molar-refractivity contribution < 1.29 is 24.3 Å². The number of aromatic hydroxyl groups is 1. The fourth-order valence-corrected chi connectivity index (χ4v) is 4.29. The van der Waals surface area contributed by atoms with Gasteiger partial charge >= 0.3 is 0 Å². The zero-order valence-electron chi connectivity index (χ0n) is 25.7. The first-order valence-electron chi connectivity index (χ1n) is 14.5. The van der Waals surface area contributed by atoms with E-state index in [4.69, 9.17) is 28.7 Å². The minimum atomic E-state index is -1.09. The number of nitrogens with two attached hydrogens (primary N) is 5. The average Bonchev–Trinajstić information content (AvgIpc) is 2.94. The predicted molar refractivity (Wildman–Crippen MR) is 169 cm³/mol. The van der Waals surface area contributed by atoms with Gasteiger partial charge in [0.2, 0.25) is 23.6 Å². The van der Waals surface area contributed by atoms with Crippen molar-refractivity contribution in [2.24, 2.45) is 44.6 Å². The number of phenolic OH excluding ortho intramolecular Hbond substituents is 1. The van der Waals surface area contributed by atoms with E-state index < -0.39 is 47.8 Å². The van der Waals surface area contributed by atoms with Crippen molar-refractivity contribution in [1.29, 1.82) is 0 Å². The fourth-order valence-electron chi connectivity index (χ4n) is 4.29. The summed E-state index contributed by atoms with van der Waals surface area (Å²) < 4.78 is 0. The van der Waals surface area contributed by atoms with Crippen LogP contribution in [0.15, 0.2) is 34.3 Å². The molecule has 0 bridgehead atoms. The number of carbonyl (C=O) groups is 4. The number of primary amides is 1. The van der Waals surface area contributed by atoms with Crippen LogP contribution in [0.1, 0.15) is 51.5 Å². The van der Waals surface area contributed by atoms with Gasteiger partial charge in [-0.25, -0.2) is 0 Å². The second-order valence-corrected chi connectivity index (χ2v) is 10.8. The molecule has 16 heteroatoms. The van der Waals surface area contributed by atoms with Gasteiger partial charge in [0.15, 0.2) is 11.9 Å². The molecule has 0 saturated heterocycles. The molecule has 0 spiro atoms. The Hall–Kier alpha value is -4.60. The predicted octanol–water partition coefficient (Wildman–Crippen LogP) is -2.38. The van der Waals surface area contributed by atoms with Gasteiger partial charge in [0.1, 0.15) is 23.9 Å². The molecule has 1 rings (SSSR count). The SMILES string of the molecule is CN[C@@H](CCCN=C(N)N)C(=O)N[C@@H](CC(C)C)C(=O)N[C@@H](CCCN=C(N)N)C(=O)N[C@@H](Cc1ccc(O)cc1)C(N)=O. The first-order valence-corrected chi connectivity index (χ1v) is 14.5. The number of nitrogens with one attached hydrogen (secondary N) is 4. The Balaban J connectivity index is 3.09. The van der Waals surface area contributed by atoms with Gasteiger partial charge in [-0.15, -0.1) is 0 Å². The smallest absolute Gasteiger partial charge is 0.243 e. The Bertz CT molecular complexity index is 1130. The van der Waals surface area contributed by atoms with E-state index >= 15 is 0 Å². The number of benzene rings is 1. The first kappa shape index (κ1) is 37.4. The normalized spacial score (nSPS) is 13.5. The minimum absolute atomic E-state index is 0.0275. The third kappa shape index (κ3) is 15.0. The third-order valence-corrected chi connectivity index (χ3v) is 6.56. The van der Waals surface area contributed by atoms with Gasteiger partial charge < -0.3 is 55.0 Å². The number of guanidine groups is 2. The Morgan fingerprint density at radius 2 is 1.18 bits per heavy atom. The van der Waals surface area contributed by atoms with E-state index in [1.807, 2.05) is 13.8 Å². The Kier molecular flexibility index (Phi) is 16.6. The van der Waals surface area contributed by atoms with Crippen LogP contribution in [0.5, 0.6) is 5.75 Å². The molecule has 16 nitrogen and oxygen atoms in total. The van der Waals surface area contributed by atoms with Gasteiger partial charge in [0.05, 0.1) is 6.04 Å². The van der Waals surface area contributed by atoms with E-state index in [1.54, 1.807) is 19.2 Å². The summed E-state index contributed by atoms with van der Waals surface area (Å²) in [7, 11) is 1.63. The maximum absolute atomic E-state index is 13.5. The summed E-state index contributed by atoms with van der Waals surface area (Å²) >= 11 is 0. The van der Waals surface area contributed by atoms with E-state index in [0.717, 1.165) is 0 Å². The van der Waals surface area contributed by atoms with Crippen LogP contribution in [0.25, 0.3) is 0 Å². The van der Waals surface area contributed by atoms with Gasteiger partial charge in [0.25, 0.3) is 0 Å². The van der Waals surface area contributed by atoms with E-state index in [-0.39, 0.29) is 43.0 Å². The van der Waals surface area contributed by atoms with Crippen LogP contribution in [0.2, 0.25) is 0 Å². The molecule has 0 aliphatic rings. The summed E-state index contributed by atoms with van der Waals surface area (Å²) in [6.07, 6.45) is 1.77. The molecule has 246 valence electrons. The molecule has 0 aromatic heterocycles. The lowest BCUT2D eigenvalue weighted by molar-refractivity contribution is -0.134. The molecule has 0 aliphatic heterocycles. The molecular weight excluding hydrogens is 570 g/mol. The molecule has 44 heavy (non-hydrogen) atoms. The summed E-state index contributed by atoms with van der Waals surface area (Å²) in [5.74, 6) is -2.47. The summed E-state index contributed by atoms with van der Waals surface area (Å²) in [5, 5.41) is 20.6. The topological polar surface area (TPSA) is 291 Å². The number of nitrogens with zero attached hydrogens (tertiary/aromatic N) is 2. The Labute approximate surface area is 258 Å². The average molecular weight is 620 g/mol. The number of rotatable bonds is 20. The second-order valence-electron chi connectivity index (χ2n) is 10.8. The highest BCUT2D eigenvalue weighted by Gasteiger charge is 2.30. The summed E-state index contributed by atoms with van der Waals surface area (Å²) in [6.45, 7) is 4.35. The molecule has 0 fully saturated rings. The van der Waals surface area contributed by atoms with Crippen LogP contribution in [0.3, 0.4) is 0 Å². The molecular formula is C28H49N11O5. The quantitative estimate of drug-likeness (QED) is 0.0420. The van der Waals surface area contributed by atoms with Gasteiger partial charge in [0, 0.05) is 19.5 Å². The maximum atomic E-state index is 13.5. The van der Waals surface area contributed by atoms with Crippen molar-refractivity contribution in [1.82, 2.24) is 21.3 Å². The van der Waals surface area contributed by atoms with Crippen molar-refractivity contribution >= 4 is 35.5 Å². The monoisotopic (exact) mass is 619 g/mol. The standard InChI is InChI=1S/C28H49N11O5/c1-16(2)14-22(39-24(42)19(34-3)6-4-12-35-27(30)31)26(44)37-20(7-5-13-36-28(32)33)25(43)38-21(23(29)41)15-17-8-10-18(40)11-9-17/h8-11,16,19-22,34,40H,4-7,12-15H2,1-3H3,(H2,29,41)(H,37,44)(H,38,43)(H,39,42)(H4,30,31,35)(H4,32,33,36)/t19-,20-,21-,22-/m0/s1. The molecule has 0 radical (unpaired) electrons. The zero-order valence-corrected chi connectivity index (χ0v) is 25.7. The van der Waals surface area contributed by atoms with E-state index in [2.05, 4.69) is 31.3 Å². The number of likely N-dealkylation sites (N-methyl/N-ethyl adjacent to an activating group) is 1. The molecule has 15 N–H and O–H groups in total. The largest absolute Gasteiger partial charge is 0.508 e. The highest BCUT2D eigenvalue weighted by Crippen LogP contribution is 2.12. The van der Waals surface area contributed by atoms with Crippen LogP contribution in [0, 0.1) is 5.92 Å². The zero-order chi connectivity index (χ0) is 33.2. The molecule has 4 atom stereocenters. The third-order valence-electron chi connectivity index (χ3n) is 6.56. The van der Waals surface area contributed by atoms with Crippen LogP contribution in [0.4, 0.5) is 0 Å². The summed E-state index contributed by atoms with van der Waals surface area (Å²) in [4.78, 5) is 60.0. The Morgan fingerprint density at radius 3 is 1.66 bits per heavy atom. The van der Waals surface area contributed by atoms with Crippen LogP contribution < -0.4 is 49.9 Å². The lowest BCUT2D eigenvalue weighted by Crippen LogP contribution is -2.58. The van der Waals surface area contributed by atoms with Crippen LogP contribution in [-0.2, 0) is 25.6 Å². The molecule has 0 unspecified atom stereocenters. The molecule has 1 aromatic carbocycles. The number of hydrogen-bond acceptors (Lipinski definition) is 8. The molecule has 1 aromatic rings. The first-order chi connectivity index (χ1) is 20.7. The van der Waals surface area contributed by atoms with Crippen molar-refractivity contribution in [2.45, 2.75) is 76.5 Å². The summed E-state index contributed by atoms with van der Waals surface area (Å²) in [6, 6.07) is 2.36. The number of amides is 4. The van der Waals surface area contributed by atoms with E-state index in [1.165, 1.54) is 12.1 Å². The number of carbonyl (C=O) groups excluding carboxylic acids is 4. The number of hydrogen-bond donors (Lipinski definition) is 10. The van der Waals surface area contributed by atoms with Crippen molar-refractivity contribution in [2.75, 3.05) is 20.1 Å². The van der Waals surface area contributed by atoms with Crippen molar-refractivity contribution in [3.8, 4) is 5.75 Å². The van der Waals surface area contributed by atoms with Gasteiger partial charge in [-0.05, 0) is 62.8 Å². The molecule has 0 saturated carbocycles. The molecule has 4 amide bonds. The van der Waals surface area contributed by atoms with Crippen LogP contribution in [-0.4, -0.2) is 85.0 Å². The van der Waals surface area contributed by atoms with Gasteiger partial charge in [-0.1, -0.05) is 26.0 Å². The van der Waals surface area contributed by atoms with Crippen molar-refractivity contribution in [3.63, 3.8) is 0 Å². The maximum Gasteiger partial charge on any atom is 0.243 e. The molecule has 0 aliphatic carbocycles. The number of aliphatic imine (C=N–C) groups is 2.